The fraction of sp³-hybridized carbons (Fsp3) is 0.615. The SMILES string of the molecule is CCCC1(C(=O)c2ccco2)CCCNC1. The van der Waals surface area contributed by atoms with Crippen LogP contribution >= 0.6 is 0 Å². The molecule has 16 heavy (non-hydrogen) atoms. The molecule has 1 aromatic rings. The topological polar surface area (TPSA) is 42.2 Å². The molecule has 88 valence electrons. The van der Waals surface area contributed by atoms with Crippen LogP contribution in [0.4, 0.5) is 0 Å². The van der Waals surface area contributed by atoms with Gasteiger partial charge in [-0.15, -0.1) is 0 Å². The van der Waals surface area contributed by atoms with E-state index in [0.717, 1.165) is 38.8 Å². The number of hydrogen-bond acceptors (Lipinski definition) is 3. The smallest absolute Gasteiger partial charge is 0.205 e. The molecule has 0 aromatic carbocycles. The van der Waals surface area contributed by atoms with E-state index in [9.17, 15) is 4.79 Å². The highest BCUT2D eigenvalue weighted by Gasteiger charge is 2.40. The van der Waals surface area contributed by atoms with Crippen LogP contribution in [0.3, 0.4) is 0 Å². The minimum absolute atomic E-state index is 0.173. The van der Waals surface area contributed by atoms with Crippen molar-refractivity contribution in [1.29, 1.82) is 0 Å². The monoisotopic (exact) mass is 221 g/mol. The number of ketones is 1. The lowest BCUT2D eigenvalue weighted by Crippen LogP contribution is -2.45. The van der Waals surface area contributed by atoms with Gasteiger partial charge in [0.2, 0.25) is 5.78 Å². The molecule has 0 bridgehead atoms. The second-order valence-corrected chi connectivity index (χ2v) is 4.62. The van der Waals surface area contributed by atoms with Crippen molar-refractivity contribution in [2.75, 3.05) is 13.1 Å². The van der Waals surface area contributed by atoms with E-state index in [4.69, 9.17) is 4.42 Å². The summed E-state index contributed by atoms with van der Waals surface area (Å²) >= 11 is 0. The summed E-state index contributed by atoms with van der Waals surface area (Å²) in [5.41, 5.74) is -0.231. The molecule has 0 radical (unpaired) electrons. The Labute approximate surface area is 96.2 Å². The largest absolute Gasteiger partial charge is 0.461 e. The van der Waals surface area contributed by atoms with E-state index >= 15 is 0 Å². The first kappa shape index (κ1) is 11.4. The fourth-order valence-electron chi connectivity index (χ4n) is 2.64. The number of hydrogen-bond donors (Lipinski definition) is 1. The van der Waals surface area contributed by atoms with Crippen LogP contribution in [0.25, 0.3) is 0 Å². The number of carbonyl (C=O) groups is 1. The van der Waals surface area contributed by atoms with Crippen molar-refractivity contribution in [2.24, 2.45) is 5.41 Å². The molecular formula is C13H19NO2. The van der Waals surface area contributed by atoms with E-state index in [1.54, 1.807) is 18.4 Å². The van der Waals surface area contributed by atoms with Gasteiger partial charge in [-0.05, 0) is 37.9 Å². The minimum Gasteiger partial charge on any atom is -0.461 e. The number of piperidine rings is 1. The van der Waals surface area contributed by atoms with Gasteiger partial charge in [-0.25, -0.2) is 0 Å². The van der Waals surface area contributed by atoms with Crippen LogP contribution in [0.1, 0.15) is 43.2 Å². The third kappa shape index (κ3) is 2.05. The highest BCUT2D eigenvalue weighted by Crippen LogP contribution is 2.35. The number of nitrogens with one attached hydrogen (secondary N) is 1. The molecule has 2 rings (SSSR count). The standard InChI is InChI=1S/C13H19NO2/c1-2-6-13(7-4-8-14-10-13)12(15)11-5-3-9-16-11/h3,5,9,14H,2,4,6-8,10H2,1H3. The lowest BCUT2D eigenvalue weighted by Gasteiger charge is -2.35. The molecule has 1 saturated heterocycles. The van der Waals surface area contributed by atoms with Crippen LogP contribution in [-0.2, 0) is 0 Å². The van der Waals surface area contributed by atoms with E-state index < -0.39 is 0 Å². The highest BCUT2D eigenvalue weighted by molar-refractivity contribution is 5.98. The Hall–Kier alpha value is -1.09. The lowest BCUT2D eigenvalue weighted by atomic mass is 9.73. The molecule has 0 spiro atoms. The molecule has 1 aliphatic heterocycles. The van der Waals surface area contributed by atoms with Crippen LogP contribution in [0, 0.1) is 5.41 Å². The molecule has 3 heteroatoms. The second-order valence-electron chi connectivity index (χ2n) is 4.62. The molecule has 2 heterocycles. The van der Waals surface area contributed by atoms with Gasteiger partial charge in [0.05, 0.1) is 6.26 Å². The van der Waals surface area contributed by atoms with Crippen molar-refractivity contribution >= 4 is 5.78 Å². The molecule has 1 fully saturated rings. The molecule has 1 aromatic heterocycles. The maximum atomic E-state index is 12.4. The van der Waals surface area contributed by atoms with Gasteiger partial charge in [-0.2, -0.15) is 0 Å². The summed E-state index contributed by atoms with van der Waals surface area (Å²) in [6.07, 6.45) is 5.61. The van der Waals surface area contributed by atoms with E-state index in [-0.39, 0.29) is 11.2 Å². The van der Waals surface area contributed by atoms with Gasteiger partial charge in [-0.1, -0.05) is 13.3 Å². The third-order valence-corrected chi connectivity index (χ3v) is 3.43. The average molecular weight is 221 g/mol. The van der Waals surface area contributed by atoms with Crippen LogP contribution < -0.4 is 5.32 Å². The van der Waals surface area contributed by atoms with Gasteiger partial charge in [-0.3, -0.25) is 4.79 Å². The Kier molecular flexibility index (Phi) is 3.44. The molecular weight excluding hydrogens is 202 g/mol. The summed E-state index contributed by atoms with van der Waals surface area (Å²) in [6, 6.07) is 3.55. The van der Waals surface area contributed by atoms with Crippen molar-refractivity contribution in [3.8, 4) is 0 Å². The highest BCUT2D eigenvalue weighted by atomic mass is 16.3. The molecule has 1 aliphatic rings. The fourth-order valence-corrected chi connectivity index (χ4v) is 2.64. The van der Waals surface area contributed by atoms with Gasteiger partial charge in [0, 0.05) is 12.0 Å². The van der Waals surface area contributed by atoms with Crippen LogP contribution in [-0.4, -0.2) is 18.9 Å². The Morgan fingerprint density at radius 1 is 1.62 bits per heavy atom. The summed E-state index contributed by atoms with van der Waals surface area (Å²) in [6.45, 7) is 3.95. The first-order valence-electron chi connectivity index (χ1n) is 6.07. The average Bonchev–Trinajstić information content (AvgIpc) is 2.83. The summed E-state index contributed by atoms with van der Waals surface area (Å²) < 4.78 is 5.24. The van der Waals surface area contributed by atoms with E-state index in [2.05, 4.69) is 12.2 Å². The van der Waals surface area contributed by atoms with Crippen molar-refractivity contribution in [1.82, 2.24) is 5.32 Å². The second kappa shape index (κ2) is 4.83. The van der Waals surface area contributed by atoms with Gasteiger partial charge in [0.25, 0.3) is 0 Å². The van der Waals surface area contributed by atoms with Gasteiger partial charge >= 0.3 is 0 Å². The van der Waals surface area contributed by atoms with Crippen molar-refractivity contribution in [2.45, 2.75) is 32.6 Å². The molecule has 0 amide bonds. The molecule has 1 N–H and O–H groups in total. The van der Waals surface area contributed by atoms with E-state index in [1.807, 2.05) is 0 Å². The van der Waals surface area contributed by atoms with Crippen molar-refractivity contribution in [3.05, 3.63) is 24.2 Å². The van der Waals surface area contributed by atoms with E-state index in [1.165, 1.54) is 0 Å². The third-order valence-electron chi connectivity index (χ3n) is 3.43. The van der Waals surface area contributed by atoms with Crippen molar-refractivity contribution < 1.29 is 9.21 Å². The predicted octanol–water partition coefficient (Wildman–Crippen LogP) is 2.63. The number of rotatable bonds is 4. The summed E-state index contributed by atoms with van der Waals surface area (Å²) in [5.74, 6) is 0.684. The Morgan fingerprint density at radius 2 is 2.50 bits per heavy atom. The molecule has 0 aliphatic carbocycles. The summed E-state index contributed by atoms with van der Waals surface area (Å²) in [5, 5.41) is 3.34. The maximum Gasteiger partial charge on any atom is 0.205 e. The van der Waals surface area contributed by atoms with Gasteiger partial charge in [0.15, 0.2) is 5.76 Å². The zero-order chi connectivity index (χ0) is 11.4. The molecule has 0 saturated carbocycles. The lowest BCUT2D eigenvalue weighted by molar-refractivity contribution is 0.0686. The first-order chi connectivity index (χ1) is 7.78. The minimum atomic E-state index is -0.231. The van der Waals surface area contributed by atoms with Crippen LogP contribution in [0.5, 0.6) is 0 Å². The van der Waals surface area contributed by atoms with Crippen LogP contribution in [0.2, 0.25) is 0 Å². The molecule has 3 nitrogen and oxygen atoms in total. The Morgan fingerprint density at radius 3 is 3.06 bits per heavy atom. The van der Waals surface area contributed by atoms with E-state index in [0.29, 0.717) is 5.76 Å². The number of furan rings is 1. The maximum absolute atomic E-state index is 12.4. The van der Waals surface area contributed by atoms with Gasteiger partial charge in [0.1, 0.15) is 0 Å². The number of carbonyl (C=O) groups excluding carboxylic acids is 1. The predicted molar refractivity (Wildman–Crippen MR) is 62.5 cm³/mol. The van der Waals surface area contributed by atoms with Gasteiger partial charge < -0.3 is 9.73 Å². The first-order valence-corrected chi connectivity index (χ1v) is 6.07. The summed E-state index contributed by atoms with van der Waals surface area (Å²) in [4.78, 5) is 12.4. The normalized spacial score (nSPS) is 25.6. The quantitative estimate of drug-likeness (QED) is 0.795. The Balaban J connectivity index is 2.21. The zero-order valence-electron chi connectivity index (χ0n) is 9.79. The number of Topliss-reactive ketones (excluding diaryl/α,β-unsaturated/α-hetero) is 1. The summed E-state index contributed by atoms with van der Waals surface area (Å²) in [7, 11) is 0. The Bertz CT molecular complexity index is 331. The van der Waals surface area contributed by atoms with Crippen molar-refractivity contribution in [3.63, 3.8) is 0 Å². The molecule has 1 atom stereocenters. The molecule has 1 unspecified atom stereocenters. The zero-order valence-corrected chi connectivity index (χ0v) is 9.79. The van der Waals surface area contributed by atoms with Crippen LogP contribution in [0.15, 0.2) is 22.8 Å².